The second-order valence-corrected chi connectivity index (χ2v) is 9.43. The summed E-state index contributed by atoms with van der Waals surface area (Å²) in [4.78, 5) is 15.9. The number of pyridine rings is 1. The van der Waals surface area contributed by atoms with Crippen molar-refractivity contribution in [2.45, 2.75) is 25.7 Å². The van der Waals surface area contributed by atoms with Crippen LogP contribution in [0.5, 0.6) is 0 Å². The molecule has 0 amide bonds. The number of benzene rings is 2. The Bertz CT molecular complexity index is 1560. The fourth-order valence-electron chi connectivity index (χ4n) is 4.42. The molecule has 5 aromatic rings. The van der Waals surface area contributed by atoms with Crippen LogP contribution in [0, 0.1) is 0 Å². The molecule has 0 radical (unpaired) electrons. The van der Waals surface area contributed by atoms with Crippen molar-refractivity contribution >= 4 is 11.6 Å². The molecule has 38 heavy (non-hydrogen) atoms. The smallest absolute Gasteiger partial charge is 0.348 e. The van der Waals surface area contributed by atoms with Crippen molar-refractivity contribution in [3.8, 4) is 22.6 Å². The summed E-state index contributed by atoms with van der Waals surface area (Å²) in [6.07, 6.45) is -0.869. The fourth-order valence-corrected chi connectivity index (χ4v) is 4.42. The van der Waals surface area contributed by atoms with Gasteiger partial charge in [0, 0.05) is 24.5 Å². The summed E-state index contributed by atoms with van der Waals surface area (Å²) in [6, 6.07) is 20.7. The number of rotatable bonds is 7. The number of nitrogens with zero attached hydrogens (tertiary/aromatic N) is 5. The Balaban J connectivity index is 1.64. The lowest BCUT2D eigenvalue weighted by Gasteiger charge is -2.15. The molecule has 0 fully saturated rings. The first kappa shape index (κ1) is 25.4. The van der Waals surface area contributed by atoms with Gasteiger partial charge in [0.1, 0.15) is 5.65 Å². The molecule has 2 aromatic carbocycles. The summed E-state index contributed by atoms with van der Waals surface area (Å²) < 4.78 is 42.5. The topological polar surface area (TPSA) is 58.4 Å². The van der Waals surface area contributed by atoms with Crippen molar-refractivity contribution in [3.05, 3.63) is 102 Å². The van der Waals surface area contributed by atoms with E-state index in [4.69, 9.17) is 9.97 Å². The molecule has 0 aliphatic rings. The first-order valence-corrected chi connectivity index (χ1v) is 12.2. The number of aromatic nitrogens is 4. The molecule has 3 heterocycles. The minimum absolute atomic E-state index is 0.0525. The van der Waals surface area contributed by atoms with Gasteiger partial charge >= 0.3 is 6.18 Å². The van der Waals surface area contributed by atoms with Crippen LogP contribution in [-0.4, -0.2) is 38.3 Å². The first-order chi connectivity index (χ1) is 18.2. The molecule has 0 spiro atoms. The van der Waals surface area contributed by atoms with Gasteiger partial charge in [-0.25, -0.2) is 15.0 Å². The van der Waals surface area contributed by atoms with E-state index in [0.29, 0.717) is 40.8 Å². The first-order valence-electron chi connectivity index (χ1n) is 12.2. The Kier molecular flexibility index (Phi) is 6.86. The van der Waals surface area contributed by atoms with E-state index >= 15 is 0 Å². The van der Waals surface area contributed by atoms with Gasteiger partial charge in [0.05, 0.1) is 28.7 Å². The van der Waals surface area contributed by atoms with Gasteiger partial charge < -0.3 is 10.2 Å². The Hall–Kier alpha value is -4.24. The van der Waals surface area contributed by atoms with Gasteiger partial charge in [0.15, 0.2) is 0 Å². The number of nitrogens with one attached hydrogen (secondary N) is 1. The number of alkyl halides is 3. The fraction of sp³-hybridized carbons (Fsp3) is 0.207. The van der Waals surface area contributed by atoms with Gasteiger partial charge in [-0.3, -0.25) is 4.40 Å². The van der Waals surface area contributed by atoms with Crippen LogP contribution in [0.25, 0.3) is 28.3 Å². The van der Waals surface area contributed by atoms with Gasteiger partial charge in [-0.1, -0.05) is 48.5 Å². The van der Waals surface area contributed by atoms with Crippen LogP contribution in [0.3, 0.4) is 0 Å². The lowest BCUT2D eigenvalue weighted by Crippen LogP contribution is -2.11. The van der Waals surface area contributed by atoms with Crippen molar-refractivity contribution in [1.29, 1.82) is 0 Å². The van der Waals surface area contributed by atoms with Crippen LogP contribution in [0.2, 0.25) is 0 Å². The van der Waals surface area contributed by atoms with Crippen LogP contribution >= 0.6 is 0 Å². The summed E-state index contributed by atoms with van der Waals surface area (Å²) in [5.74, 6) is 0.410. The zero-order valence-electron chi connectivity index (χ0n) is 21.2. The van der Waals surface area contributed by atoms with Gasteiger partial charge in [-0.2, -0.15) is 13.2 Å². The van der Waals surface area contributed by atoms with E-state index in [1.807, 2.05) is 79.0 Å². The van der Waals surface area contributed by atoms with Crippen molar-refractivity contribution in [1.82, 2.24) is 24.3 Å². The van der Waals surface area contributed by atoms with E-state index in [1.54, 1.807) is 18.3 Å². The van der Waals surface area contributed by atoms with Crippen LogP contribution in [0.4, 0.5) is 19.1 Å². The van der Waals surface area contributed by atoms with Gasteiger partial charge in [0.2, 0.25) is 5.95 Å². The molecule has 194 valence electrons. The van der Waals surface area contributed by atoms with E-state index in [1.165, 1.54) is 6.07 Å². The second kappa shape index (κ2) is 10.3. The van der Waals surface area contributed by atoms with Crippen LogP contribution in [-0.2, 0) is 12.7 Å². The number of imidazole rings is 1. The third-order valence-electron chi connectivity index (χ3n) is 6.19. The summed E-state index contributed by atoms with van der Waals surface area (Å²) in [6.45, 7) is 2.71. The Morgan fingerprint density at radius 3 is 2.47 bits per heavy atom. The molecule has 6 nitrogen and oxygen atoms in total. The maximum atomic E-state index is 13.5. The van der Waals surface area contributed by atoms with Crippen molar-refractivity contribution in [3.63, 3.8) is 0 Å². The van der Waals surface area contributed by atoms with E-state index in [9.17, 15) is 13.2 Å². The Labute approximate surface area is 218 Å². The molecule has 0 unspecified atom stereocenters. The average Bonchev–Trinajstić information content (AvgIpc) is 3.27. The third kappa shape index (κ3) is 5.38. The maximum absolute atomic E-state index is 13.5. The molecular weight excluding hydrogens is 489 g/mol. The highest BCUT2D eigenvalue weighted by Crippen LogP contribution is 2.36. The van der Waals surface area contributed by atoms with Gasteiger partial charge in [-0.15, -0.1) is 0 Å². The summed E-state index contributed by atoms with van der Waals surface area (Å²) >= 11 is 0. The average molecular weight is 517 g/mol. The quantitative estimate of drug-likeness (QED) is 0.261. The van der Waals surface area contributed by atoms with Crippen molar-refractivity contribution < 1.29 is 13.2 Å². The zero-order valence-corrected chi connectivity index (χ0v) is 21.2. The van der Waals surface area contributed by atoms with Crippen LogP contribution in [0.15, 0.2) is 85.2 Å². The number of anilines is 1. The molecule has 0 saturated heterocycles. The van der Waals surface area contributed by atoms with Crippen LogP contribution in [0.1, 0.15) is 29.7 Å². The molecule has 1 N–H and O–H groups in total. The summed E-state index contributed by atoms with van der Waals surface area (Å²) in [5, 5.41) is 3.33. The molecule has 5 rings (SSSR count). The van der Waals surface area contributed by atoms with E-state index in [2.05, 4.69) is 10.3 Å². The predicted molar refractivity (Wildman–Crippen MR) is 143 cm³/mol. The Morgan fingerprint density at radius 2 is 1.74 bits per heavy atom. The van der Waals surface area contributed by atoms with Crippen molar-refractivity contribution in [2.75, 3.05) is 19.4 Å². The summed E-state index contributed by atoms with van der Waals surface area (Å²) in [5.41, 5.74) is 3.91. The standard InChI is InChI=1S/C29H27F3N6/c1-19(21-8-5-4-6-9-21)34-28-33-15-14-24(35-28)27-26(22-10-7-11-23(16-22)29(30,31)32)36-25-13-12-20(17-37(2)3)18-38(25)27/h4-16,18-19H,17H2,1-3H3,(H,33,34,35)/t19-/m1/s1. The molecule has 9 heteroatoms. The van der Waals surface area contributed by atoms with Crippen LogP contribution < -0.4 is 5.32 Å². The molecule has 1 atom stereocenters. The minimum atomic E-state index is -4.46. The minimum Gasteiger partial charge on any atom is -0.348 e. The monoisotopic (exact) mass is 516 g/mol. The van der Waals surface area contributed by atoms with Gasteiger partial charge in [0.25, 0.3) is 0 Å². The van der Waals surface area contributed by atoms with Gasteiger partial charge in [-0.05, 0) is 56.4 Å². The lowest BCUT2D eigenvalue weighted by atomic mass is 10.0. The molecular formula is C29H27F3N6. The SMILES string of the molecule is C[C@@H](Nc1nccc(-c2c(-c3cccc(C(F)(F)F)c3)nc3ccc(CN(C)C)cn23)n1)c1ccccc1. The molecule has 0 bridgehead atoms. The van der Waals surface area contributed by atoms with E-state index in [-0.39, 0.29) is 6.04 Å². The third-order valence-corrected chi connectivity index (χ3v) is 6.19. The predicted octanol–water partition coefficient (Wildman–Crippen LogP) is 6.71. The lowest BCUT2D eigenvalue weighted by molar-refractivity contribution is -0.137. The molecule has 0 saturated carbocycles. The number of halogens is 3. The molecule has 0 aliphatic carbocycles. The molecule has 3 aromatic heterocycles. The second-order valence-electron chi connectivity index (χ2n) is 9.43. The summed E-state index contributed by atoms with van der Waals surface area (Å²) in [7, 11) is 3.95. The highest BCUT2D eigenvalue weighted by Gasteiger charge is 2.31. The largest absolute Gasteiger partial charge is 0.416 e. The van der Waals surface area contributed by atoms with Crippen molar-refractivity contribution in [2.24, 2.45) is 0 Å². The maximum Gasteiger partial charge on any atom is 0.416 e. The Morgan fingerprint density at radius 1 is 0.947 bits per heavy atom. The number of hydrogen-bond acceptors (Lipinski definition) is 5. The highest BCUT2D eigenvalue weighted by atomic mass is 19.4. The van der Waals surface area contributed by atoms with E-state index < -0.39 is 11.7 Å². The zero-order chi connectivity index (χ0) is 26.9. The molecule has 0 aliphatic heterocycles. The normalized spacial score (nSPS) is 12.7. The number of fused-ring (bicyclic) bond motifs is 1. The number of hydrogen-bond donors (Lipinski definition) is 1. The van der Waals surface area contributed by atoms with E-state index in [0.717, 1.165) is 23.3 Å². The highest BCUT2D eigenvalue weighted by molar-refractivity contribution is 5.81.